The Labute approximate surface area is 127 Å². The van der Waals surface area contributed by atoms with Crippen LogP contribution < -0.4 is 5.32 Å². The zero-order valence-corrected chi connectivity index (χ0v) is 13.6. The third kappa shape index (κ3) is 4.57. The van der Waals surface area contributed by atoms with Crippen LogP contribution in [-0.4, -0.2) is 11.0 Å². The normalized spacial score (nSPS) is 17.9. The molecule has 1 aromatic carbocycles. The maximum absolute atomic E-state index is 11.4. The SMILES string of the molecule is CC(CC(O)c1ccc2c(c1)CCC(=O)N2)CC(C)(C)C. The van der Waals surface area contributed by atoms with Crippen molar-refractivity contribution >= 4 is 11.6 Å². The van der Waals surface area contributed by atoms with Crippen LogP contribution in [-0.2, 0) is 11.2 Å². The monoisotopic (exact) mass is 289 g/mol. The molecule has 0 bridgehead atoms. The number of aryl methyl sites for hydroxylation is 1. The fraction of sp³-hybridized carbons (Fsp3) is 0.611. The summed E-state index contributed by atoms with van der Waals surface area (Å²) in [7, 11) is 0. The summed E-state index contributed by atoms with van der Waals surface area (Å²) in [5.74, 6) is 0.560. The van der Waals surface area contributed by atoms with Gasteiger partial charge in [-0.05, 0) is 47.8 Å². The van der Waals surface area contributed by atoms with Gasteiger partial charge in [-0.2, -0.15) is 0 Å². The zero-order valence-electron chi connectivity index (χ0n) is 13.6. The van der Waals surface area contributed by atoms with Crippen LogP contribution in [0.25, 0.3) is 0 Å². The van der Waals surface area contributed by atoms with E-state index in [-0.39, 0.29) is 5.91 Å². The van der Waals surface area contributed by atoms with E-state index in [4.69, 9.17) is 0 Å². The molecule has 0 aliphatic carbocycles. The Kier molecular flexibility index (Phi) is 4.72. The number of aliphatic hydroxyl groups is 1. The summed E-state index contributed by atoms with van der Waals surface area (Å²) in [4.78, 5) is 11.4. The smallest absolute Gasteiger partial charge is 0.224 e. The van der Waals surface area contributed by atoms with Crippen LogP contribution in [0.2, 0.25) is 0 Å². The molecule has 2 atom stereocenters. The van der Waals surface area contributed by atoms with Crippen LogP contribution in [0, 0.1) is 11.3 Å². The van der Waals surface area contributed by atoms with E-state index in [1.165, 1.54) is 0 Å². The summed E-state index contributed by atoms with van der Waals surface area (Å²) in [6.45, 7) is 8.90. The topological polar surface area (TPSA) is 49.3 Å². The van der Waals surface area contributed by atoms with Gasteiger partial charge in [-0.1, -0.05) is 39.8 Å². The quantitative estimate of drug-likeness (QED) is 0.878. The van der Waals surface area contributed by atoms with Crippen molar-refractivity contribution in [2.75, 3.05) is 5.32 Å². The van der Waals surface area contributed by atoms with E-state index >= 15 is 0 Å². The highest BCUT2D eigenvalue weighted by atomic mass is 16.3. The number of hydrogen-bond acceptors (Lipinski definition) is 2. The average Bonchev–Trinajstić information content (AvgIpc) is 2.35. The molecule has 0 spiro atoms. The molecule has 0 saturated carbocycles. The van der Waals surface area contributed by atoms with Crippen LogP contribution in [0.1, 0.15) is 64.2 Å². The molecule has 3 heteroatoms. The predicted octanol–water partition coefficient (Wildman–Crippen LogP) is 4.07. The van der Waals surface area contributed by atoms with Gasteiger partial charge in [0.15, 0.2) is 0 Å². The Morgan fingerprint density at radius 3 is 2.67 bits per heavy atom. The van der Waals surface area contributed by atoms with E-state index in [0.29, 0.717) is 17.8 Å². The number of carbonyl (C=O) groups excluding carboxylic acids is 1. The first-order valence-corrected chi connectivity index (χ1v) is 7.85. The molecule has 1 heterocycles. The number of carbonyl (C=O) groups is 1. The van der Waals surface area contributed by atoms with Crippen molar-refractivity contribution < 1.29 is 9.90 Å². The molecular weight excluding hydrogens is 262 g/mol. The van der Waals surface area contributed by atoms with Crippen LogP contribution in [0.5, 0.6) is 0 Å². The molecule has 3 nitrogen and oxygen atoms in total. The zero-order chi connectivity index (χ0) is 15.6. The molecule has 1 aliphatic heterocycles. The molecule has 2 unspecified atom stereocenters. The summed E-state index contributed by atoms with van der Waals surface area (Å²) in [6.07, 6.45) is 2.75. The summed E-state index contributed by atoms with van der Waals surface area (Å²) >= 11 is 0. The van der Waals surface area contributed by atoms with Crippen LogP contribution >= 0.6 is 0 Å². The Morgan fingerprint density at radius 1 is 1.29 bits per heavy atom. The minimum atomic E-state index is -0.426. The van der Waals surface area contributed by atoms with Crippen LogP contribution in [0.4, 0.5) is 5.69 Å². The van der Waals surface area contributed by atoms with Gasteiger partial charge in [0.2, 0.25) is 5.91 Å². The highest BCUT2D eigenvalue weighted by Crippen LogP contribution is 2.32. The van der Waals surface area contributed by atoms with Crippen molar-refractivity contribution in [3.63, 3.8) is 0 Å². The van der Waals surface area contributed by atoms with E-state index < -0.39 is 6.10 Å². The van der Waals surface area contributed by atoms with E-state index in [0.717, 1.165) is 36.1 Å². The predicted molar refractivity (Wildman–Crippen MR) is 86.2 cm³/mol. The highest BCUT2D eigenvalue weighted by molar-refractivity contribution is 5.93. The van der Waals surface area contributed by atoms with Crippen molar-refractivity contribution in [3.05, 3.63) is 29.3 Å². The van der Waals surface area contributed by atoms with Gasteiger partial charge in [-0.3, -0.25) is 4.79 Å². The lowest BCUT2D eigenvalue weighted by atomic mass is 9.82. The molecule has 2 rings (SSSR count). The Morgan fingerprint density at radius 2 is 2.00 bits per heavy atom. The maximum Gasteiger partial charge on any atom is 0.224 e. The lowest BCUT2D eigenvalue weighted by molar-refractivity contribution is -0.116. The number of amides is 1. The Bertz CT molecular complexity index is 516. The van der Waals surface area contributed by atoms with Crippen LogP contribution in [0.15, 0.2) is 18.2 Å². The Balaban J connectivity index is 2.03. The fourth-order valence-corrected chi connectivity index (χ4v) is 3.26. The number of fused-ring (bicyclic) bond motifs is 1. The van der Waals surface area contributed by atoms with Crippen molar-refractivity contribution in [1.82, 2.24) is 0 Å². The molecule has 0 fully saturated rings. The van der Waals surface area contributed by atoms with E-state index in [1.54, 1.807) is 0 Å². The van der Waals surface area contributed by atoms with Gasteiger partial charge < -0.3 is 10.4 Å². The first-order chi connectivity index (χ1) is 9.74. The van der Waals surface area contributed by atoms with Gasteiger partial charge in [0.1, 0.15) is 0 Å². The third-order valence-corrected chi connectivity index (χ3v) is 4.00. The number of nitrogens with one attached hydrogen (secondary N) is 1. The molecule has 0 aromatic heterocycles. The number of aliphatic hydroxyl groups excluding tert-OH is 1. The van der Waals surface area contributed by atoms with E-state index in [9.17, 15) is 9.90 Å². The van der Waals surface area contributed by atoms with E-state index in [1.807, 2.05) is 18.2 Å². The molecular formula is C18H27NO2. The molecule has 1 aliphatic rings. The van der Waals surface area contributed by atoms with Crippen LogP contribution in [0.3, 0.4) is 0 Å². The molecule has 1 aromatic rings. The largest absolute Gasteiger partial charge is 0.388 e. The van der Waals surface area contributed by atoms with Gasteiger partial charge >= 0.3 is 0 Å². The molecule has 21 heavy (non-hydrogen) atoms. The summed E-state index contributed by atoms with van der Waals surface area (Å²) in [5.41, 5.74) is 3.28. The van der Waals surface area contributed by atoms with Gasteiger partial charge in [-0.15, -0.1) is 0 Å². The van der Waals surface area contributed by atoms with Gasteiger partial charge in [-0.25, -0.2) is 0 Å². The summed E-state index contributed by atoms with van der Waals surface area (Å²) in [5, 5.41) is 13.3. The standard InChI is InChI=1S/C18H27NO2/c1-12(11-18(2,3)4)9-16(20)14-5-7-15-13(10-14)6-8-17(21)19-15/h5,7,10,12,16,20H,6,8-9,11H2,1-4H3,(H,19,21). The first-order valence-electron chi connectivity index (χ1n) is 7.85. The second-order valence-electron chi connectivity index (χ2n) is 7.59. The number of benzene rings is 1. The van der Waals surface area contributed by atoms with Crippen molar-refractivity contribution in [2.24, 2.45) is 11.3 Å². The Hall–Kier alpha value is -1.35. The van der Waals surface area contributed by atoms with Crippen molar-refractivity contribution in [2.45, 2.75) is 59.5 Å². The molecule has 1 amide bonds. The number of rotatable bonds is 4. The second kappa shape index (κ2) is 6.18. The summed E-state index contributed by atoms with van der Waals surface area (Å²) in [6, 6.07) is 5.89. The van der Waals surface area contributed by atoms with Gasteiger partial charge in [0, 0.05) is 12.1 Å². The number of anilines is 1. The lowest BCUT2D eigenvalue weighted by Crippen LogP contribution is -2.19. The summed E-state index contributed by atoms with van der Waals surface area (Å²) < 4.78 is 0. The van der Waals surface area contributed by atoms with Gasteiger partial charge in [0.05, 0.1) is 6.10 Å². The van der Waals surface area contributed by atoms with Crippen molar-refractivity contribution in [3.8, 4) is 0 Å². The lowest BCUT2D eigenvalue weighted by Gasteiger charge is -2.25. The minimum Gasteiger partial charge on any atom is -0.388 e. The third-order valence-electron chi connectivity index (χ3n) is 4.00. The fourth-order valence-electron chi connectivity index (χ4n) is 3.26. The van der Waals surface area contributed by atoms with Crippen molar-refractivity contribution in [1.29, 1.82) is 0 Å². The maximum atomic E-state index is 11.4. The highest BCUT2D eigenvalue weighted by Gasteiger charge is 2.21. The molecule has 0 radical (unpaired) electrons. The second-order valence-corrected chi connectivity index (χ2v) is 7.59. The average molecular weight is 289 g/mol. The molecule has 116 valence electrons. The molecule has 0 saturated heterocycles. The molecule has 2 N–H and O–H groups in total. The minimum absolute atomic E-state index is 0.0783. The van der Waals surface area contributed by atoms with Gasteiger partial charge in [0.25, 0.3) is 0 Å². The number of hydrogen-bond donors (Lipinski definition) is 2. The van der Waals surface area contributed by atoms with E-state index in [2.05, 4.69) is 33.0 Å². The first kappa shape index (κ1) is 16.0.